The molecular formula is C25H24ClN3O3. The average Bonchev–Trinajstić information content (AvgIpc) is 3.09. The minimum absolute atomic E-state index is 0.0886. The number of carbonyl (C=O) groups is 1. The zero-order chi connectivity index (χ0) is 22.7. The highest BCUT2D eigenvalue weighted by Crippen LogP contribution is 2.29. The van der Waals surface area contributed by atoms with Crippen molar-refractivity contribution in [3.05, 3.63) is 76.7 Å². The molecule has 0 radical (unpaired) electrons. The normalized spacial score (nSPS) is 11.1. The molecule has 0 atom stereocenters. The number of carboxylic acids is 1. The second kappa shape index (κ2) is 9.40. The monoisotopic (exact) mass is 449 g/mol. The van der Waals surface area contributed by atoms with Gasteiger partial charge in [-0.05, 0) is 55.7 Å². The minimum Gasteiger partial charge on any atom is -0.493 e. The fourth-order valence-electron chi connectivity index (χ4n) is 3.71. The number of pyridine rings is 1. The van der Waals surface area contributed by atoms with Gasteiger partial charge in [0.05, 0.1) is 29.9 Å². The van der Waals surface area contributed by atoms with Gasteiger partial charge < -0.3 is 14.4 Å². The average molecular weight is 450 g/mol. The van der Waals surface area contributed by atoms with Crippen molar-refractivity contribution in [1.82, 2.24) is 14.5 Å². The second-order valence-electron chi connectivity index (χ2n) is 7.72. The lowest BCUT2D eigenvalue weighted by atomic mass is 10.1. The second-order valence-corrected chi connectivity index (χ2v) is 8.13. The van der Waals surface area contributed by atoms with Crippen molar-refractivity contribution >= 4 is 28.6 Å². The van der Waals surface area contributed by atoms with Crippen LogP contribution in [0.15, 0.2) is 54.7 Å². The summed E-state index contributed by atoms with van der Waals surface area (Å²) in [5.41, 5.74) is 5.72. The van der Waals surface area contributed by atoms with Crippen LogP contribution in [-0.4, -0.2) is 32.2 Å². The third-order valence-corrected chi connectivity index (χ3v) is 5.71. The zero-order valence-electron chi connectivity index (χ0n) is 18.0. The lowest BCUT2D eigenvalue weighted by Crippen LogP contribution is -2.04. The molecule has 6 nitrogen and oxygen atoms in total. The quantitative estimate of drug-likeness (QED) is 0.351. The number of aliphatic carboxylic acids is 1. The Morgan fingerprint density at radius 1 is 1.16 bits per heavy atom. The van der Waals surface area contributed by atoms with Crippen molar-refractivity contribution in [2.45, 2.75) is 33.2 Å². The first-order valence-electron chi connectivity index (χ1n) is 10.4. The maximum Gasteiger partial charge on any atom is 0.303 e. The molecule has 7 heteroatoms. The molecule has 0 saturated heterocycles. The highest BCUT2D eigenvalue weighted by molar-refractivity contribution is 6.31. The molecule has 0 spiro atoms. The van der Waals surface area contributed by atoms with E-state index in [1.807, 2.05) is 62.4 Å². The summed E-state index contributed by atoms with van der Waals surface area (Å²) in [6.45, 7) is 4.90. The maximum atomic E-state index is 10.7. The Hall–Kier alpha value is -3.38. The van der Waals surface area contributed by atoms with Gasteiger partial charge in [-0.15, -0.1) is 0 Å². The lowest BCUT2D eigenvalue weighted by Gasteiger charge is -2.12. The van der Waals surface area contributed by atoms with Crippen molar-refractivity contribution in [3.63, 3.8) is 0 Å². The summed E-state index contributed by atoms with van der Waals surface area (Å²) >= 11 is 6.64. The molecule has 0 saturated carbocycles. The predicted molar refractivity (Wildman–Crippen MR) is 125 cm³/mol. The molecule has 2 heterocycles. The molecule has 32 heavy (non-hydrogen) atoms. The number of hydrogen-bond donors (Lipinski definition) is 1. The number of rotatable bonds is 8. The van der Waals surface area contributed by atoms with Crippen LogP contribution >= 0.6 is 11.6 Å². The molecule has 4 rings (SSSR count). The Bertz CT molecular complexity index is 1270. The molecule has 0 aliphatic heterocycles. The Morgan fingerprint density at radius 3 is 2.72 bits per heavy atom. The summed E-state index contributed by atoms with van der Waals surface area (Å²) in [4.78, 5) is 19.8. The Labute approximate surface area is 191 Å². The van der Waals surface area contributed by atoms with Crippen LogP contribution in [0.1, 0.15) is 29.8 Å². The number of benzene rings is 2. The van der Waals surface area contributed by atoms with Crippen LogP contribution in [0.2, 0.25) is 5.02 Å². The van der Waals surface area contributed by atoms with Gasteiger partial charge in [-0.2, -0.15) is 0 Å². The number of carboxylic acid groups (broad SMARTS) is 1. The summed E-state index contributed by atoms with van der Waals surface area (Å²) in [6.07, 6.45) is 2.32. The topological polar surface area (TPSA) is 77.2 Å². The van der Waals surface area contributed by atoms with Gasteiger partial charge in [-0.3, -0.25) is 9.78 Å². The highest BCUT2D eigenvalue weighted by atomic mass is 35.5. The van der Waals surface area contributed by atoms with E-state index >= 15 is 0 Å². The number of ether oxygens (including phenoxy) is 1. The maximum absolute atomic E-state index is 10.7. The molecule has 164 valence electrons. The molecule has 0 unspecified atom stereocenters. The number of aryl methyl sites for hydroxylation is 2. The van der Waals surface area contributed by atoms with E-state index < -0.39 is 5.97 Å². The molecule has 0 fully saturated rings. The third-order valence-electron chi connectivity index (χ3n) is 5.35. The number of hydrogen-bond acceptors (Lipinski definition) is 4. The molecular weight excluding hydrogens is 426 g/mol. The summed E-state index contributed by atoms with van der Waals surface area (Å²) < 4.78 is 7.93. The number of imidazole rings is 1. The number of fused-ring (bicyclic) bond motifs is 1. The van der Waals surface area contributed by atoms with E-state index in [2.05, 4.69) is 9.55 Å². The van der Waals surface area contributed by atoms with Gasteiger partial charge in [0.2, 0.25) is 0 Å². The van der Waals surface area contributed by atoms with E-state index in [0.717, 1.165) is 39.2 Å². The first kappa shape index (κ1) is 21.8. The van der Waals surface area contributed by atoms with Crippen molar-refractivity contribution < 1.29 is 14.6 Å². The van der Waals surface area contributed by atoms with Crippen LogP contribution in [0.3, 0.4) is 0 Å². The number of halogens is 1. The molecule has 1 N–H and O–H groups in total. The van der Waals surface area contributed by atoms with Crippen molar-refractivity contribution in [3.8, 4) is 17.0 Å². The van der Waals surface area contributed by atoms with Crippen molar-refractivity contribution in [2.24, 2.45) is 0 Å². The largest absolute Gasteiger partial charge is 0.493 e. The number of aromatic nitrogens is 3. The standard InChI is InChI=1S/C25H24ClN3O3/c1-16-12-20(32-11-5-7-24(30)31)14-23-25(16)28-17(2)29(23)15-19-9-8-18(13-21(19)26)22-6-3-4-10-27-22/h3-4,6,8-10,12-14H,5,7,11,15H2,1-2H3,(H,30,31). The molecule has 0 aliphatic rings. The van der Waals surface area contributed by atoms with Crippen molar-refractivity contribution in [2.75, 3.05) is 6.61 Å². The van der Waals surface area contributed by atoms with Gasteiger partial charge in [0.1, 0.15) is 11.6 Å². The zero-order valence-corrected chi connectivity index (χ0v) is 18.8. The third kappa shape index (κ3) is 4.75. The smallest absolute Gasteiger partial charge is 0.303 e. The van der Waals surface area contributed by atoms with Crippen LogP contribution in [0.5, 0.6) is 5.75 Å². The predicted octanol–water partition coefficient (Wildman–Crippen LogP) is 5.66. The lowest BCUT2D eigenvalue weighted by molar-refractivity contribution is -0.137. The molecule has 0 amide bonds. The van der Waals surface area contributed by atoms with Gasteiger partial charge in [-0.25, -0.2) is 4.98 Å². The van der Waals surface area contributed by atoms with E-state index in [1.54, 1.807) is 6.20 Å². The van der Waals surface area contributed by atoms with Crippen LogP contribution in [0.25, 0.3) is 22.3 Å². The highest BCUT2D eigenvalue weighted by Gasteiger charge is 2.14. The SMILES string of the molecule is Cc1cc(OCCCC(=O)O)cc2c1nc(C)n2Cc1ccc(-c2ccccn2)cc1Cl. The Kier molecular flexibility index (Phi) is 6.42. The summed E-state index contributed by atoms with van der Waals surface area (Å²) in [7, 11) is 0. The van der Waals surface area contributed by atoms with Crippen LogP contribution < -0.4 is 4.74 Å². The van der Waals surface area contributed by atoms with E-state index in [1.165, 1.54) is 0 Å². The van der Waals surface area contributed by atoms with E-state index in [4.69, 9.17) is 26.4 Å². The number of nitrogens with zero attached hydrogens (tertiary/aromatic N) is 3. The first-order chi connectivity index (χ1) is 15.4. The van der Waals surface area contributed by atoms with Gasteiger partial charge in [0.25, 0.3) is 0 Å². The summed E-state index contributed by atoms with van der Waals surface area (Å²) in [6, 6.07) is 15.7. The Balaban J connectivity index is 1.61. The van der Waals surface area contributed by atoms with Gasteiger partial charge in [0.15, 0.2) is 0 Å². The molecule has 2 aromatic carbocycles. The van der Waals surface area contributed by atoms with E-state index in [9.17, 15) is 4.79 Å². The molecule has 0 aliphatic carbocycles. The van der Waals surface area contributed by atoms with Gasteiger partial charge in [-0.1, -0.05) is 29.8 Å². The summed E-state index contributed by atoms with van der Waals surface area (Å²) in [5.74, 6) is 0.772. The van der Waals surface area contributed by atoms with Crippen LogP contribution in [-0.2, 0) is 11.3 Å². The van der Waals surface area contributed by atoms with E-state index in [0.29, 0.717) is 30.3 Å². The molecule has 0 bridgehead atoms. The molecule has 2 aromatic heterocycles. The minimum atomic E-state index is -0.820. The Morgan fingerprint density at radius 2 is 2.00 bits per heavy atom. The fourth-order valence-corrected chi connectivity index (χ4v) is 3.95. The van der Waals surface area contributed by atoms with E-state index in [-0.39, 0.29) is 6.42 Å². The fraction of sp³-hybridized carbons (Fsp3) is 0.240. The van der Waals surface area contributed by atoms with Crippen LogP contribution in [0.4, 0.5) is 0 Å². The van der Waals surface area contributed by atoms with Gasteiger partial charge in [0, 0.05) is 29.3 Å². The van der Waals surface area contributed by atoms with Crippen LogP contribution in [0, 0.1) is 13.8 Å². The van der Waals surface area contributed by atoms with Crippen molar-refractivity contribution in [1.29, 1.82) is 0 Å². The van der Waals surface area contributed by atoms with Gasteiger partial charge >= 0.3 is 5.97 Å². The first-order valence-corrected chi connectivity index (χ1v) is 10.8. The molecule has 4 aromatic rings. The summed E-state index contributed by atoms with van der Waals surface area (Å²) in [5, 5.41) is 9.47.